The van der Waals surface area contributed by atoms with Gasteiger partial charge in [-0.15, -0.1) is 11.6 Å². The zero-order chi connectivity index (χ0) is 11.6. The Morgan fingerprint density at radius 2 is 2.07 bits per heavy atom. The Bertz CT molecular complexity index is 347. The molecule has 0 saturated carbocycles. The van der Waals surface area contributed by atoms with Crippen molar-refractivity contribution in [2.24, 2.45) is 5.41 Å². The third-order valence-electron chi connectivity index (χ3n) is 2.20. The maximum atomic E-state index is 13.4. The van der Waals surface area contributed by atoms with Crippen molar-refractivity contribution in [1.82, 2.24) is 4.98 Å². The average Bonchev–Trinajstić information content (AvgIpc) is 2.08. The number of rotatable bonds is 2. The van der Waals surface area contributed by atoms with E-state index in [0.717, 1.165) is 0 Å². The van der Waals surface area contributed by atoms with E-state index in [4.69, 9.17) is 23.2 Å². The van der Waals surface area contributed by atoms with Crippen LogP contribution in [0, 0.1) is 11.2 Å². The number of nitrogens with zero attached hydrogens (tertiary/aromatic N) is 1. The molecule has 1 atom stereocenters. The van der Waals surface area contributed by atoms with E-state index < -0.39 is 5.82 Å². The maximum absolute atomic E-state index is 13.4. The predicted octanol–water partition coefficient (Wildman–Crippen LogP) is 4.07. The second-order valence-electron chi connectivity index (χ2n) is 4.62. The molecule has 0 saturated heterocycles. The van der Waals surface area contributed by atoms with Crippen molar-refractivity contribution in [3.63, 3.8) is 0 Å². The van der Waals surface area contributed by atoms with Gasteiger partial charge in [-0.1, -0.05) is 32.4 Å². The third-order valence-corrected chi connectivity index (χ3v) is 3.21. The Labute approximate surface area is 99.6 Å². The fourth-order valence-corrected chi connectivity index (χ4v) is 1.36. The second-order valence-corrected chi connectivity index (χ2v) is 5.58. The first kappa shape index (κ1) is 12.7. The number of pyridine rings is 1. The molecule has 0 fully saturated rings. The fourth-order valence-electron chi connectivity index (χ4n) is 1.07. The van der Waals surface area contributed by atoms with Crippen molar-refractivity contribution in [2.75, 3.05) is 0 Å². The van der Waals surface area contributed by atoms with Crippen molar-refractivity contribution in [3.05, 3.63) is 28.8 Å². The molecule has 1 aromatic rings. The van der Waals surface area contributed by atoms with Crippen LogP contribution in [0.15, 0.2) is 12.3 Å². The smallest absolute Gasteiger partial charge is 0.146 e. The number of hydrogen-bond donors (Lipinski definition) is 0. The standard InChI is InChI=1S/C11H14Cl2FN/c1-11(2,3)10(13)5-9-8(14)4-7(12)6-15-9/h4,6,10H,5H2,1-3H3. The van der Waals surface area contributed by atoms with Crippen LogP contribution in [0.2, 0.25) is 5.02 Å². The molecular weight excluding hydrogens is 236 g/mol. The topological polar surface area (TPSA) is 12.9 Å². The highest BCUT2D eigenvalue weighted by Crippen LogP contribution is 2.27. The van der Waals surface area contributed by atoms with Gasteiger partial charge in [0.2, 0.25) is 0 Å². The number of aromatic nitrogens is 1. The molecule has 0 aliphatic heterocycles. The summed E-state index contributed by atoms with van der Waals surface area (Å²) in [6, 6.07) is 1.26. The molecule has 1 heterocycles. The van der Waals surface area contributed by atoms with Gasteiger partial charge in [0.1, 0.15) is 5.82 Å². The van der Waals surface area contributed by atoms with Crippen LogP contribution < -0.4 is 0 Å². The summed E-state index contributed by atoms with van der Waals surface area (Å²) < 4.78 is 13.4. The summed E-state index contributed by atoms with van der Waals surface area (Å²) in [4.78, 5) is 3.94. The largest absolute Gasteiger partial charge is 0.257 e. The molecule has 1 unspecified atom stereocenters. The summed E-state index contributed by atoms with van der Waals surface area (Å²) in [6.45, 7) is 6.04. The number of hydrogen-bond acceptors (Lipinski definition) is 1. The Kier molecular flexibility index (Phi) is 3.96. The molecule has 1 rings (SSSR count). The van der Waals surface area contributed by atoms with Gasteiger partial charge in [0, 0.05) is 18.0 Å². The highest BCUT2D eigenvalue weighted by atomic mass is 35.5. The molecule has 0 radical (unpaired) electrons. The van der Waals surface area contributed by atoms with Crippen LogP contribution in [0.5, 0.6) is 0 Å². The summed E-state index contributed by atoms with van der Waals surface area (Å²) in [5.41, 5.74) is 0.296. The fraction of sp³-hybridized carbons (Fsp3) is 0.545. The van der Waals surface area contributed by atoms with Crippen LogP contribution in [0.1, 0.15) is 26.5 Å². The highest BCUT2D eigenvalue weighted by molar-refractivity contribution is 6.30. The molecule has 1 aromatic heterocycles. The van der Waals surface area contributed by atoms with E-state index >= 15 is 0 Å². The minimum atomic E-state index is -0.391. The third kappa shape index (κ3) is 3.62. The predicted molar refractivity (Wildman–Crippen MR) is 62.0 cm³/mol. The van der Waals surface area contributed by atoms with Crippen LogP contribution in [0.3, 0.4) is 0 Å². The second kappa shape index (κ2) is 4.67. The van der Waals surface area contributed by atoms with Gasteiger partial charge in [-0.3, -0.25) is 4.98 Å². The van der Waals surface area contributed by atoms with E-state index in [9.17, 15) is 4.39 Å². The Morgan fingerprint density at radius 1 is 1.47 bits per heavy atom. The summed E-state index contributed by atoms with van der Waals surface area (Å²) in [7, 11) is 0. The molecule has 0 spiro atoms. The van der Waals surface area contributed by atoms with Crippen LogP contribution in [-0.4, -0.2) is 10.4 Å². The molecule has 0 aliphatic rings. The molecule has 0 aliphatic carbocycles. The first-order valence-electron chi connectivity index (χ1n) is 4.74. The molecule has 15 heavy (non-hydrogen) atoms. The minimum Gasteiger partial charge on any atom is -0.257 e. The molecule has 1 nitrogen and oxygen atoms in total. The van der Waals surface area contributed by atoms with E-state index in [2.05, 4.69) is 4.98 Å². The van der Waals surface area contributed by atoms with E-state index in [-0.39, 0.29) is 10.8 Å². The molecule has 4 heteroatoms. The number of alkyl halides is 1. The first-order chi connectivity index (χ1) is 6.80. The molecule has 84 valence electrons. The molecule has 0 aromatic carbocycles. The Morgan fingerprint density at radius 3 is 2.53 bits per heavy atom. The highest BCUT2D eigenvalue weighted by Gasteiger charge is 2.24. The van der Waals surface area contributed by atoms with Gasteiger partial charge in [0.25, 0.3) is 0 Å². The normalized spacial score (nSPS) is 14.0. The summed E-state index contributed by atoms with van der Waals surface area (Å²) in [5, 5.41) is 0.152. The number of halogens is 3. The SMILES string of the molecule is CC(C)(C)C(Cl)Cc1ncc(Cl)cc1F. The summed E-state index contributed by atoms with van der Waals surface area (Å²) >= 11 is 11.8. The van der Waals surface area contributed by atoms with Gasteiger partial charge in [0.15, 0.2) is 0 Å². The van der Waals surface area contributed by atoms with Crippen LogP contribution in [0.25, 0.3) is 0 Å². The van der Waals surface area contributed by atoms with Crippen LogP contribution >= 0.6 is 23.2 Å². The van der Waals surface area contributed by atoms with Crippen molar-refractivity contribution in [3.8, 4) is 0 Å². The first-order valence-corrected chi connectivity index (χ1v) is 5.56. The summed E-state index contributed by atoms with van der Waals surface area (Å²) in [5.74, 6) is -0.391. The molecule has 0 bridgehead atoms. The lowest BCUT2D eigenvalue weighted by Gasteiger charge is -2.24. The van der Waals surface area contributed by atoms with E-state index in [1.165, 1.54) is 12.3 Å². The van der Waals surface area contributed by atoms with Gasteiger partial charge in [-0.2, -0.15) is 0 Å². The monoisotopic (exact) mass is 249 g/mol. The van der Waals surface area contributed by atoms with Crippen molar-refractivity contribution < 1.29 is 4.39 Å². The lowest BCUT2D eigenvalue weighted by Crippen LogP contribution is -2.23. The van der Waals surface area contributed by atoms with Gasteiger partial charge in [-0.25, -0.2) is 4.39 Å². The molecule has 0 amide bonds. The summed E-state index contributed by atoms with van der Waals surface area (Å²) in [6.07, 6.45) is 1.85. The van der Waals surface area contributed by atoms with Crippen molar-refractivity contribution in [1.29, 1.82) is 0 Å². The molecule has 0 N–H and O–H groups in total. The minimum absolute atomic E-state index is 0.0741. The average molecular weight is 250 g/mol. The lowest BCUT2D eigenvalue weighted by atomic mass is 9.89. The van der Waals surface area contributed by atoms with Gasteiger partial charge < -0.3 is 0 Å². The molecular formula is C11H14Cl2FN. The van der Waals surface area contributed by atoms with Crippen LogP contribution in [-0.2, 0) is 6.42 Å². The van der Waals surface area contributed by atoms with Crippen LogP contribution in [0.4, 0.5) is 4.39 Å². The maximum Gasteiger partial charge on any atom is 0.146 e. The van der Waals surface area contributed by atoms with Gasteiger partial charge in [-0.05, 0) is 11.5 Å². The zero-order valence-corrected chi connectivity index (χ0v) is 10.5. The lowest BCUT2D eigenvalue weighted by molar-refractivity contribution is 0.381. The van der Waals surface area contributed by atoms with Gasteiger partial charge in [0.05, 0.1) is 10.7 Å². The quantitative estimate of drug-likeness (QED) is 0.721. The van der Waals surface area contributed by atoms with E-state index in [1.807, 2.05) is 20.8 Å². The Hall–Kier alpha value is -0.340. The zero-order valence-electron chi connectivity index (χ0n) is 9.02. The van der Waals surface area contributed by atoms with Crippen molar-refractivity contribution >= 4 is 23.2 Å². The van der Waals surface area contributed by atoms with Gasteiger partial charge >= 0.3 is 0 Å². The Balaban J connectivity index is 2.82. The van der Waals surface area contributed by atoms with E-state index in [1.54, 1.807) is 0 Å². The van der Waals surface area contributed by atoms with Crippen molar-refractivity contribution in [2.45, 2.75) is 32.6 Å². The van der Waals surface area contributed by atoms with E-state index in [0.29, 0.717) is 17.1 Å².